The summed E-state index contributed by atoms with van der Waals surface area (Å²) in [6, 6.07) is 14.0. The molecule has 0 radical (unpaired) electrons. The first kappa shape index (κ1) is 23.0. The van der Waals surface area contributed by atoms with Crippen molar-refractivity contribution in [1.29, 1.82) is 0 Å². The SMILES string of the molecule is Cc1cccc2sc(N(CCCN(C)C)C(=O)c3sc4ccccc4c3Cl)nc12.[Cl-]. The lowest BCUT2D eigenvalue weighted by molar-refractivity contribution is -0.0000134. The number of para-hydroxylation sites is 1. The maximum atomic E-state index is 13.6. The van der Waals surface area contributed by atoms with E-state index in [1.54, 1.807) is 16.2 Å². The van der Waals surface area contributed by atoms with Crippen LogP contribution in [0.3, 0.4) is 0 Å². The molecule has 1 amide bonds. The lowest BCUT2D eigenvalue weighted by Gasteiger charge is -2.20. The number of thiazole rings is 1. The lowest BCUT2D eigenvalue weighted by Crippen LogP contribution is -3.00. The molecule has 30 heavy (non-hydrogen) atoms. The fraction of sp³-hybridized carbons (Fsp3) is 0.273. The van der Waals surface area contributed by atoms with Gasteiger partial charge in [0.1, 0.15) is 4.88 Å². The number of fused-ring (bicyclic) bond motifs is 2. The summed E-state index contributed by atoms with van der Waals surface area (Å²) in [5.41, 5.74) is 2.07. The zero-order valence-corrected chi connectivity index (χ0v) is 20.1. The Morgan fingerprint density at radius 3 is 2.47 bits per heavy atom. The van der Waals surface area contributed by atoms with Gasteiger partial charge in [-0.3, -0.25) is 9.69 Å². The van der Waals surface area contributed by atoms with Gasteiger partial charge in [0.25, 0.3) is 5.91 Å². The number of hydrogen-bond donors (Lipinski definition) is 0. The van der Waals surface area contributed by atoms with Crippen molar-refractivity contribution in [3.63, 3.8) is 0 Å². The summed E-state index contributed by atoms with van der Waals surface area (Å²) in [7, 11) is 4.08. The minimum atomic E-state index is -0.0772. The Bertz CT molecular complexity index is 1190. The first-order chi connectivity index (χ1) is 14.0. The molecule has 4 rings (SSSR count). The summed E-state index contributed by atoms with van der Waals surface area (Å²) in [5.74, 6) is -0.0772. The van der Waals surface area contributed by atoms with Gasteiger partial charge in [-0.25, -0.2) is 4.98 Å². The Morgan fingerprint density at radius 1 is 1.03 bits per heavy atom. The summed E-state index contributed by atoms with van der Waals surface area (Å²) in [4.78, 5) is 22.9. The average molecular weight is 479 g/mol. The third-order valence-electron chi connectivity index (χ3n) is 4.80. The van der Waals surface area contributed by atoms with Gasteiger partial charge in [0.15, 0.2) is 5.13 Å². The highest BCUT2D eigenvalue weighted by Gasteiger charge is 2.26. The second-order valence-corrected chi connectivity index (χ2v) is 9.71. The first-order valence-electron chi connectivity index (χ1n) is 9.45. The molecule has 158 valence electrons. The van der Waals surface area contributed by atoms with Crippen LogP contribution < -0.4 is 17.3 Å². The van der Waals surface area contributed by atoms with Crippen LogP contribution in [0.2, 0.25) is 5.02 Å². The predicted molar refractivity (Wildman–Crippen MR) is 126 cm³/mol. The number of thiophene rings is 1. The van der Waals surface area contributed by atoms with Crippen LogP contribution in [0.4, 0.5) is 5.13 Å². The molecule has 0 aliphatic heterocycles. The van der Waals surface area contributed by atoms with Gasteiger partial charge in [-0.2, -0.15) is 0 Å². The average Bonchev–Trinajstić information content (AvgIpc) is 3.27. The molecule has 2 heterocycles. The van der Waals surface area contributed by atoms with E-state index in [1.807, 2.05) is 57.4 Å². The highest BCUT2D eigenvalue weighted by atomic mass is 35.5. The van der Waals surface area contributed by atoms with E-state index in [0.29, 0.717) is 16.4 Å². The van der Waals surface area contributed by atoms with Crippen molar-refractivity contribution in [2.45, 2.75) is 13.3 Å². The van der Waals surface area contributed by atoms with Crippen molar-refractivity contribution in [2.75, 3.05) is 32.1 Å². The van der Waals surface area contributed by atoms with Crippen LogP contribution in [-0.2, 0) is 0 Å². The minimum absolute atomic E-state index is 0. The molecular weight excluding hydrogens is 457 g/mol. The number of halogens is 2. The summed E-state index contributed by atoms with van der Waals surface area (Å²) < 4.78 is 2.11. The largest absolute Gasteiger partial charge is 1.00 e. The van der Waals surface area contributed by atoms with Crippen LogP contribution in [-0.4, -0.2) is 43.0 Å². The number of aryl methyl sites for hydroxylation is 1. The molecule has 0 aliphatic rings. The van der Waals surface area contributed by atoms with Crippen LogP contribution in [0.15, 0.2) is 42.5 Å². The second-order valence-electron chi connectivity index (χ2n) is 7.27. The second kappa shape index (κ2) is 9.62. The Balaban J connectivity index is 0.00000256. The van der Waals surface area contributed by atoms with Crippen LogP contribution in [0.1, 0.15) is 21.7 Å². The van der Waals surface area contributed by atoms with Crippen molar-refractivity contribution in [3.8, 4) is 0 Å². The van der Waals surface area contributed by atoms with Crippen molar-refractivity contribution < 1.29 is 17.2 Å². The number of anilines is 1. The maximum Gasteiger partial charge on any atom is 0.271 e. The molecule has 8 heteroatoms. The molecule has 4 nitrogen and oxygen atoms in total. The molecule has 0 unspecified atom stereocenters. The summed E-state index contributed by atoms with van der Waals surface area (Å²) >= 11 is 9.61. The molecular formula is C22H22Cl2N3OS2-. The molecule has 0 fully saturated rings. The number of nitrogens with zero attached hydrogens (tertiary/aromatic N) is 3. The molecule has 2 aromatic carbocycles. The van der Waals surface area contributed by atoms with E-state index in [9.17, 15) is 4.79 Å². The summed E-state index contributed by atoms with van der Waals surface area (Å²) in [6.45, 7) is 3.54. The lowest BCUT2D eigenvalue weighted by atomic mass is 10.2. The molecule has 0 N–H and O–H groups in total. The Hall–Kier alpha value is -1.70. The van der Waals surface area contributed by atoms with Crippen LogP contribution in [0.25, 0.3) is 20.3 Å². The van der Waals surface area contributed by atoms with Gasteiger partial charge >= 0.3 is 0 Å². The van der Waals surface area contributed by atoms with E-state index in [2.05, 4.69) is 11.0 Å². The Morgan fingerprint density at radius 2 is 1.77 bits per heavy atom. The zero-order valence-electron chi connectivity index (χ0n) is 17.0. The number of carbonyl (C=O) groups excluding carboxylic acids is 1. The maximum absolute atomic E-state index is 13.6. The monoisotopic (exact) mass is 478 g/mol. The van der Waals surface area contributed by atoms with Gasteiger partial charge < -0.3 is 17.3 Å². The fourth-order valence-corrected chi connectivity index (χ4v) is 5.82. The quantitative estimate of drug-likeness (QED) is 0.427. The van der Waals surface area contributed by atoms with Gasteiger partial charge in [-0.15, -0.1) is 11.3 Å². The molecule has 0 bridgehead atoms. The van der Waals surface area contributed by atoms with Gasteiger partial charge in [0.05, 0.1) is 15.2 Å². The van der Waals surface area contributed by atoms with Crippen molar-refractivity contribution in [2.24, 2.45) is 0 Å². The minimum Gasteiger partial charge on any atom is -1.00 e. The Kier molecular flexibility index (Phi) is 7.37. The number of benzene rings is 2. The zero-order chi connectivity index (χ0) is 20.5. The van der Waals surface area contributed by atoms with Crippen LogP contribution in [0.5, 0.6) is 0 Å². The summed E-state index contributed by atoms with van der Waals surface area (Å²) in [6.07, 6.45) is 0.857. The van der Waals surface area contributed by atoms with Crippen molar-refractivity contribution >= 4 is 65.6 Å². The highest BCUT2D eigenvalue weighted by molar-refractivity contribution is 7.23. The third-order valence-corrected chi connectivity index (χ3v) is 7.51. The van der Waals surface area contributed by atoms with Crippen molar-refractivity contribution in [1.82, 2.24) is 9.88 Å². The van der Waals surface area contributed by atoms with Gasteiger partial charge in [-0.1, -0.05) is 53.3 Å². The molecule has 0 atom stereocenters. The molecule has 2 aromatic heterocycles. The van der Waals surface area contributed by atoms with Crippen molar-refractivity contribution in [3.05, 3.63) is 57.9 Å². The van der Waals surface area contributed by atoms with Gasteiger partial charge in [0.2, 0.25) is 0 Å². The highest BCUT2D eigenvalue weighted by Crippen LogP contribution is 2.38. The molecule has 4 aromatic rings. The first-order valence-corrected chi connectivity index (χ1v) is 11.5. The third kappa shape index (κ3) is 4.48. The molecule has 0 saturated carbocycles. The smallest absolute Gasteiger partial charge is 0.271 e. The van der Waals surface area contributed by atoms with Crippen LogP contribution >= 0.6 is 34.3 Å². The summed E-state index contributed by atoms with van der Waals surface area (Å²) in [5, 5.41) is 2.19. The molecule has 0 spiro atoms. The van der Waals surface area contributed by atoms with E-state index in [-0.39, 0.29) is 18.3 Å². The van der Waals surface area contributed by atoms with E-state index in [0.717, 1.165) is 44.0 Å². The standard InChI is InChI=1S/C22H22ClN3OS2.ClH/c1-14-8-6-11-17-19(14)24-22(29-17)26(13-7-12-25(2)3)21(27)20-18(23)15-9-4-5-10-16(15)28-20;/h4-6,8-11H,7,12-13H2,1-3H3;1H/p-1. The molecule has 0 saturated heterocycles. The number of carbonyl (C=O) groups is 1. The van der Waals surface area contributed by atoms with E-state index in [4.69, 9.17) is 16.6 Å². The van der Waals surface area contributed by atoms with Gasteiger partial charge in [0, 0.05) is 16.6 Å². The number of aromatic nitrogens is 1. The number of hydrogen-bond acceptors (Lipinski definition) is 5. The number of amides is 1. The fourth-order valence-electron chi connectivity index (χ4n) is 3.29. The van der Waals surface area contributed by atoms with Gasteiger partial charge in [-0.05, 0) is 51.7 Å². The molecule has 0 aliphatic carbocycles. The van der Waals surface area contributed by atoms with Crippen LogP contribution in [0, 0.1) is 6.92 Å². The van der Waals surface area contributed by atoms with E-state index < -0.39 is 0 Å². The number of rotatable bonds is 6. The normalized spacial score (nSPS) is 11.2. The van der Waals surface area contributed by atoms with E-state index in [1.165, 1.54) is 11.3 Å². The predicted octanol–water partition coefficient (Wildman–Crippen LogP) is 3.08. The Labute approximate surface area is 195 Å². The topological polar surface area (TPSA) is 36.4 Å². The van der Waals surface area contributed by atoms with E-state index >= 15 is 0 Å².